The van der Waals surface area contributed by atoms with Crippen LogP contribution in [0.2, 0.25) is 0 Å². The predicted octanol–water partition coefficient (Wildman–Crippen LogP) is 2.82. The van der Waals surface area contributed by atoms with E-state index in [1.807, 2.05) is 0 Å². The zero-order valence-electron chi connectivity index (χ0n) is 13.0. The SMILES string of the molecule is C[C@H](OC(=O)c1cccc[n+]1[O-])C(=O)Nc1ccc(SC(F)F)cc1. The molecule has 0 aliphatic heterocycles. The van der Waals surface area contributed by atoms with E-state index in [4.69, 9.17) is 4.74 Å². The summed E-state index contributed by atoms with van der Waals surface area (Å²) < 4.78 is 29.8. The maximum Gasteiger partial charge on any atom is 0.405 e. The molecule has 0 saturated heterocycles. The highest BCUT2D eigenvalue weighted by Gasteiger charge is 2.23. The first-order chi connectivity index (χ1) is 11.9. The number of halogens is 2. The summed E-state index contributed by atoms with van der Waals surface area (Å²) in [5, 5.41) is 14.0. The van der Waals surface area contributed by atoms with Gasteiger partial charge in [0, 0.05) is 22.7 Å². The number of pyridine rings is 1. The van der Waals surface area contributed by atoms with Gasteiger partial charge in [0.15, 0.2) is 12.3 Å². The second-order valence-electron chi connectivity index (χ2n) is 4.85. The van der Waals surface area contributed by atoms with Crippen LogP contribution in [0.15, 0.2) is 53.6 Å². The third-order valence-electron chi connectivity index (χ3n) is 3.03. The van der Waals surface area contributed by atoms with Crippen LogP contribution in [0.3, 0.4) is 0 Å². The van der Waals surface area contributed by atoms with Crippen molar-refractivity contribution in [3.8, 4) is 0 Å². The van der Waals surface area contributed by atoms with E-state index in [2.05, 4.69) is 5.32 Å². The van der Waals surface area contributed by atoms with Gasteiger partial charge in [0.25, 0.3) is 11.7 Å². The van der Waals surface area contributed by atoms with Gasteiger partial charge in [0.1, 0.15) is 0 Å². The second kappa shape index (κ2) is 8.43. The van der Waals surface area contributed by atoms with E-state index in [1.54, 1.807) is 0 Å². The lowest BCUT2D eigenvalue weighted by atomic mass is 10.3. The van der Waals surface area contributed by atoms with Gasteiger partial charge in [-0.15, -0.1) is 0 Å². The van der Waals surface area contributed by atoms with Gasteiger partial charge in [-0.05, 0) is 37.3 Å². The molecule has 1 aromatic heterocycles. The molecule has 1 N–H and O–H groups in total. The second-order valence-corrected chi connectivity index (χ2v) is 5.91. The van der Waals surface area contributed by atoms with E-state index >= 15 is 0 Å². The number of benzene rings is 1. The number of hydrogen-bond donors (Lipinski definition) is 1. The largest absolute Gasteiger partial charge is 0.618 e. The molecule has 0 fully saturated rings. The minimum Gasteiger partial charge on any atom is -0.618 e. The number of esters is 1. The summed E-state index contributed by atoms with van der Waals surface area (Å²) in [5.74, 6) is -4.07. The molecular weight excluding hydrogens is 354 g/mol. The highest BCUT2D eigenvalue weighted by Crippen LogP contribution is 2.26. The average molecular weight is 368 g/mol. The Bertz CT molecular complexity index is 756. The Morgan fingerprint density at radius 1 is 1.20 bits per heavy atom. The molecule has 6 nitrogen and oxygen atoms in total. The number of aromatic nitrogens is 1. The van der Waals surface area contributed by atoms with Crippen LogP contribution in [0.25, 0.3) is 0 Å². The van der Waals surface area contributed by atoms with E-state index in [1.165, 1.54) is 49.4 Å². The molecule has 1 heterocycles. The number of carbonyl (C=O) groups excluding carboxylic acids is 2. The van der Waals surface area contributed by atoms with Gasteiger partial charge in [-0.2, -0.15) is 13.5 Å². The van der Waals surface area contributed by atoms with Crippen LogP contribution in [0.5, 0.6) is 0 Å². The highest BCUT2D eigenvalue weighted by atomic mass is 32.2. The van der Waals surface area contributed by atoms with Gasteiger partial charge in [-0.25, -0.2) is 4.79 Å². The number of rotatable bonds is 6. The standard InChI is InChI=1S/C16H14F2N2O4S/c1-10(24-15(22)13-4-2-3-9-20(13)23)14(21)19-11-5-7-12(8-6-11)25-16(17)18/h2-10,16H,1H3,(H,19,21)/t10-/m0/s1. The first-order valence-electron chi connectivity index (χ1n) is 7.11. The van der Waals surface area contributed by atoms with Crippen LogP contribution in [0.4, 0.5) is 14.5 Å². The Balaban J connectivity index is 1.94. The molecule has 0 aliphatic rings. The predicted molar refractivity (Wildman–Crippen MR) is 87.2 cm³/mol. The summed E-state index contributed by atoms with van der Waals surface area (Å²) in [7, 11) is 0. The van der Waals surface area contributed by atoms with E-state index < -0.39 is 23.7 Å². The van der Waals surface area contributed by atoms with Crippen molar-refractivity contribution in [2.24, 2.45) is 0 Å². The summed E-state index contributed by atoms with van der Waals surface area (Å²) in [6.07, 6.45) is -0.0110. The lowest BCUT2D eigenvalue weighted by Crippen LogP contribution is -2.37. The number of carbonyl (C=O) groups is 2. The quantitative estimate of drug-likeness (QED) is 0.367. The lowest BCUT2D eigenvalue weighted by Gasteiger charge is -2.13. The van der Waals surface area contributed by atoms with Crippen LogP contribution in [-0.2, 0) is 9.53 Å². The van der Waals surface area contributed by atoms with Crippen molar-refractivity contribution in [1.29, 1.82) is 0 Å². The third-order valence-corrected chi connectivity index (χ3v) is 3.76. The fraction of sp³-hybridized carbons (Fsp3) is 0.188. The Morgan fingerprint density at radius 3 is 2.48 bits per heavy atom. The maximum absolute atomic E-state index is 12.2. The minimum absolute atomic E-state index is 0.240. The monoisotopic (exact) mass is 368 g/mol. The normalized spacial score (nSPS) is 11.8. The molecule has 0 aliphatic carbocycles. The summed E-state index contributed by atoms with van der Waals surface area (Å²) in [6, 6.07) is 10.0. The molecule has 0 unspecified atom stereocenters. The van der Waals surface area contributed by atoms with Crippen LogP contribution in [0, 0.1) is 5.21 Å². The number of ether oxygens (including phenoxy) is 1. The van der Waals surface area contributed by atoms with Crippen molar-refractivity contribution < 1.29 is 27.8 Å². The molecule has 0 spiro atoms. The van der Waals surface area contributed by atoms with E-state index in [0.717, 1.165) is 6.20 Å². The van der Waals surface area contributed by atoms with Gasteiger partial charge in [0.2, 0.25) is 0 Å². The van der Waals surface area contributed by atoms with Gasteiger partial charge in [-0.3, -0.25) is 4.79 Å². The highest BCUT2D eigenvalue weighted by molar-refractivity contribution is 7.99. The van der Waals surface area contributed by atoms with Crippen LogP contribution in [-0.4, -0.2) is 23.7 Å². The number of amides is 1. The molecule has 0 bridgehead atoms. The maximum atomic E-state index is 12.2. The minimum atomic E-state index is -2.53. The van der Waals surface area contributed by atoms with Crippen LogP contribution < -0.4 is 10.0 Å². The first kappa shape index (κ1) is 18.7. The summed E-state index contributed by atoms with van der Waals surface area (Å²) in [6.45, 7) is 1.35. The Morgan fingerprint density at radius 2 is 1.88 bits per heavy atom. The van der Waals surface area contributed by atoms with Crippen molar-refractivity contribution in [2.45, 2.75) is 23.7 Å². The molecule has 2 rings (SSSR count). The fourth-order valence-electron chi connectivity index (χ4n) is 1.82. The van der Waals surface area contributed by atoms with Crippen molar-refractivity contribution in [3.63, 3.8) is 0 Å². The zero-order chi connectivity index (χ0) is 18.4. The van der Waals surface area contributed by atoms with Gasteiger partial charge >= 0.3 is 11.7 Å². The fourth-order valence-corrected chi connectivity index (χ4v) is 2.32. The van der Waals surface area contributed by atoms with Gasteiger partial charge < -0.3 is 15.3 Å². The van der Waals surface area contributed by atoms with Crippen molar-refractivity contribution in [3.05, 3.63) is 59.6 Å². The van der Waals surface area contributed by atoms with Crippen molar-refractivity contribution in [2.75, 3.05) is 5.32 Å². The number of alkyl halides is 2. The third kappa shape index (κ3) is 5.42. The number of nitrogens with one attached hydrogen (secondary N) is 1. The van der Waals surface area contributed by atoms with E-state index in [9.17, 15) is 23.6 Å². The Labute approximate surface area is 146 Å². The van der Waals surface area contributed by atoms with E-state index in [0.29, 0.717) is 27.1 Å². The molecule has 1 aromatic carbocycles. The molecule has 0 radical (unpaired) electrons. The van der Waals surface area contributed by atoms with Gasteiger partial charge in [0.05, 0.1) is 0 Å². The number of hydrogen-bond acceptors (Lipinski definition) is 5. The van der Waals surface area contributed by atoms with Crippen LogP contribution in [0.1, 0.15) is 17.4 Å². The summed E-state index contributed by atoms with van der Waals surface area (Å²) in [4.78, 5) is 24.3. The van der Waals surface area contributed by atoms with E-state index in [-0.39, 0.29) is 5.69 Å². The number of nitrogens with zero attached hydrogens (tertiary/aromatic N) is 1. The molecule has 2 aromatic rings. The Kier molecular flexibility index (Phi) is 6.29. The zero-order valence-corrected chi connectivity index (χ0v) is 13.8. The molecule has 0 saturated carbocycles. The molecule has 25 heavy (non-hydrogen) atoms. The lowest BCUT2D eigenvalue weighted by molar-refractivity contribution is -0.608. The molecular formula is C16H14F2N2O4S. The Hall–Kier alpha value is -2.68. The van der Waals surface area contributed by atoms with Crippen LogP contribution >= 0.6 is 11.8 Å². The summed E-state index contributed by atoms with van der Waals surface area (Å²) >= 11 is 0.392. The van der Waals surface area contributed by atoms with Crippen molar-refractivity contribution >= 4 is 29.3 Å². The number of thioether (sulfide) groups is 1. The number of anilines is 1. The smallest absolute Gasteiger partial charge is 0.405 e. The molecule has 132 valence electrons. The van der Waals surface area contributed by atoms with Gasteiger partial charge in [-0.1, -0.05) is 11.8 Å². The average Bonchev–Trinajstić information content (AvgIpc) is 2.56. The van der Waals surface area contributed by atoms with Crippen molar-refractivity contribution in [1.82, 2.24) is 0 Å². The molecule has 1 amide bonds. The summed E-state index contributed by atoms with van der Waals surface area (Å²) in [5.41, 5.74) is 0.126. The molecule has 9 heteroatoms. The molecule has 1 atom stereocenters. The topological polar surface area (TPSA) is 82.3 Å². The first-order valence-corrected chi connectivity index (χ1v) is 7.99.